The first-order valence-electron chi connectivity index (χ1n) is 10.0. The lowest BCUT2D eigenvalue weighted by molar-refractivity contribution is -0.120. The number of hydrogen-bond donors (Lipinski definition) is 1. The van der Waals surface area contributed by atoms with Gasteiger partial charge in [0, 0.05) is 5.56 Å². The highest BCUT2D eigenvalue weighted by atomic mass is 79.9. The summed E-state index contributed by atoms with van der Waals surface area (Å²) in [6.07, 6.45) is 1.75. The zero-order valence-electron chi connectivity index (χ0n) is 17.7. The van der Waals surface area contributed by atoms with Crippen LogP contribution in [0.3, 0.4) is 0 Å². The highest BCUT2D eigenvalue weighted by Crippen LogP contribution is 2.38. The number of rotatable bonds is 7. The van der Waals surface area contributed by atoms with Crippen LogP contribution in [0, 0.1) is 0 Å². The number of nitrogens with two attached hydrogens (primary N) is 1. The van der Waals surface area contributed by atoms with Gasteiger partial charge in [0.25, 0.3) is 11.8 Å². The van der Waals surface area contributed by atoms with Crippen LogP contribution < -0.4 is 20.2 Å². The van der Waals surface area contributed by atoms with Crippen molar-refractivity contribution in [3.8, 4) is 11.5 Å². The maximum Gasteiger partial charge on any atom is 0.281 e. The highest BCUT2D eigenvalue weighted by Gasteiger charge is 2.32. The van der Waals surface area contributed by atoms with Crippen molar-refractivity contribution in [1.82, 2.24) is 0 Å². The van der Waals surface area contributed by atoms with Crippen molar-refractivity contribution in [3.63, 3.8) is 0 Å². The Morgan fingerprint density at radius 1 is 1.09 bits per heavy atom. The second-order valence-electron chi connectivity index (χ2n) is 7.11. The van der Waals surface area contributed by atoms with Crippen molar-refractivity contribution in [3.05, 3.63) is 94.0 Å². The molecule has 1 heterocycles. The Labute approximate surface area is 199 Å². The van der Waals surface area contributed by atoms with E-state index in [1.807, 2.05) is 60.7 Å². The van der Waals surface area contributed by atoms with Crippen LogP contribution >= 0.6 is 15.9 Å². The fourth-order valence-corrected chi connectivity index (χ4v) is 3.95. The predicted octanol–water partition coefficient (Wildman–Crippen LogP) is 4.16. The molecule has 0 spiro atoms. The molecule has 0 saturated heterocycles. The molecule has 1 aliphatic heterocycles. The molecule has 1 aliphatic rings. The molecule has 0 aromatic heterocycles. The summed E-state index contributed by atoms with van der Waals surface area (Å²) >= 11 is 3.45. The van der Waals surface area contributed by atoms with Crippen LogP contribution in [0.25, 0.3) is 6.08 Å². The molecule has 0 unspecified atom stereocenters. The Balaban J connectivity index is 1.78. The first-order chi connectivity index (χ1) is 16.0. The summed E-state index contributed by atoms with van der Waals surface area (Å²) in [6, 6.07) is 22.3. The highest BCUT2D eigenvalue weighted by molar-refractivity contribution is 9.10. The molecule has 7 nitrogen and oxygen atoms in total. The summed E-state index contributed by atoms with van der Waals surface area (Å²) < 4.78 is 11.5. The normalized spacial score (nSPS) is 14.4. The maximum atomic E-state index is 13.4. The third-order valence-electron chi connectivity index (χ3n) is 4.85. The van der Waals surface area contributed by atoms with Crippen molar-refractivity contribution in [2.75, 3.05) is 18.7 Å². The summed E-state index contributed by atoms with van der Waals surface area (Å²) in [5.41, 5.74) is 8.36. The van der Waals surface area contributed by atoms with Gasteiger partial charge in [-0.05, 0) is 51.8 Å². The fraction of sp³-hybridized carbons (Fsp3) is 0.0800. The summed E-state index contributed by atoms with van der Waals surface area (Å²) in [5.74, 6) is -0.110. The van der Waals surface area contributed by atoms with Gasteiger partial charge in [-0.1, -0.05) is 48.5 Å². The molecule has 0 fully saturated rings. The van der Waals surface area contributed by atoms with E-state index in [-0.39, 0.29) is 12.5 Å². The molecule has 166 valence electrons. The number of carbonyl (C=O) groups is 2. The van der Waals surface area contributed by atoms with E-state index in [4.69, 9.17) is 15.2 Å². The Bertz CT molecular complexity index is 1260. The van der Waals surface area contributed by atoms with Gasteiger partial charge < -0.3 is 15.2 Å². The Morgan fingerprint density at radius 2 is 1.76 bits per heavy atom. The molecular formula is C25H20BrN3O4. The topological polar surface area (TPSA) is 94.2 Å². The quantitative estimate of drug-likeness (QED) is 0.487. The molecule has 8 heteroatoms. The number of hydrogen-bond acceptors (Lipinski definition) is 5. The first kappa shape index (κ1) is 22.3. The summed E-state index contributed by atoms with van der Waals surface area (Å²) in [7, 11) is 1.49. The number of nitrogens with zero attached hydrogens (tertiary/aromatic N) is 2. The van der Waals surface area contributed by atoms with Crippen LogP contribution in [0.2, 0.25) is 0 Å². The standard InChI is InChI=1S/C25H20BrN3O4/c1-32-21-14-16(13-20(26)24(21)33-15-22(27)30)12-19-23(17-8-4-2-5-9-17)28-29(25(19)31)18-10-6-3-7-11-18/h2-14H,15H2,1H3,(H2,27,30). The number of halogens is 1. The molecule has 0 bridgehead atoms. The first-order valence-corrected chi connectivity index (χ1v) is 10.8. The zero-order valence-corrected chi connectivity index (χ0v) is 19.3. The van der Waals surface area contributed by atoms with Crippen LogP contribution in [-0.4, -0.2) is 31.2 Å². The molecule has 0 saturated carbocycles. The molecule has 0 aliphatic carbocycles. The molecule has 3 aromatic rings. The largest absolute Gasteiger partial charge is 0.493 e. The van der Waals surface area contributed by atoms with E-state index in [0.29, 0.717) is 38.5 Å². The third kappa shape index (κ3) is 4.80. The Hall–Kier alpha value is -3.91. The minimum absolute atomic E-state index is 0.246. The van der Waals surface area contributed by atoms with Crippen LogP contribution in [0.15, 0.2) is 87.9 Å². The van der Waals surface area contributed by atoms with Crippen molar-refractivity contribution < 1.29 is 19.1 Å². The second kappa shape index (κ2) is 9.70. The van der Waals surface area contributed by atoms with Crippen LogP contribution in [0.1, 0.15) is 11.1 Å². The SMILES string of the molecule is COc1cc(C=C2C(=O)N(c3ccccc3)N=C2c2ccccc2)cc(Br)c1OCC(N)=O. The van der Waals surface area contributed by atoms with Gasteiger partial charge in [-0.2, -0.15) is 10.1 Å². The third-order valence-corrected chi connectivity index (χ3v) is 5.44. The molecular weight excluding hydrogens is 486 g/mol. The van der Waals surface area contributed by atoms with E-state index < -0.39 is 5.91 Å². The summed E-state index contributed by atoms with van der Waals surface area (Å²) in [4.78, 5) is 24.5. The lowest BCUT2D eigenvalue weighted by atomic mass is 10.00. The predicted molar refractivity (Wildman–Crippen MR) is 130 cm³/mol. The van der Waals surface area contributed by atoms with Gasteiger partial charge in [0.15, 0.2) is 18.1 Å². The number of amides is 2. The molecule has 3 aromatic carbocycles. The van der Waals surface area contributed by atoms with Crippen molar-refractivity contribution in [2.45, 2.75) is 0 Å². The minimum atomic E-state index is -0.601. The lowest BCUT2D eigenvalue weighted by Crippen LogP contribution is -2.21. The molecule has 2 N–H and O–H groups in total. The monoisotopic (exact) mass is 505 g/mol. The van der Waals surface area contributed by atoms with Crippen molar-refractivity contribution in [1.29, 1.82) is 0 Å². The molecule has 0 atom stereocenters. The van der Waals surface area contributed by atoms with E-state index in [1.54, 1.807) is 18.2 Å². The molecule has 4 rings (SSSR count). The van der Waals surface area contributed by atoms with Gasteiger partial charge in [0.2, 0.25) is 0 Å². The van der Waals surface area contributed by atoms with Crippen molar-refractivity contribution in [2.24, 2.45) is 10.8 Å². The number of hydrazone groups is 1. The fourth-order valence-electron chi connectivity index (χ4n) is 3.37. The smallest absolute Gasteiger partial charge is 0.281 e. The maximum absolute atomic E-state index is 13.4. The molecule has 2 amide bonds. The number of ether oxygens (including phenoxy) is 2. The van der Waals surface area contributed by atoms with E-state index in [9.17, 15) is 9.59 Å². The van der Waals surface area contributed by atoms with Gasteiger partial charge in [0.05, 0.1) is 22.8 Å². The molecule has 33 heavy (non-hydrogen) atoms. The van der Waals surface area contributed by atoms with Crippen LogP contribution in [0.5, 0.6) is 11.5 Å². The number of benzene rings is 3. The Kier molecular flexibility index (Phi) is 6.55. The van der Waals surface area contributed by atoms with Gasteiger partial charge in [-0.25, -0.2) is 0 Å². The van der Waals surface area contributed by atoms with Gasteiger partial charge in [0.1, 0.15) is 5.71 Å². The average molecular weight is 506 g/mol. The zero-order chi connectivity index (χ0) is 23.4. The second-order valence-corrected chi connectivity index (χ2v) is 7.97. The van der Waals surface area contributed by atoms with Gasteiger partial charge in [-0.15, -0.1) is 0 Å². The lowest BCUT2D eigenvalue weighted by Gasteiger charge is -2.13. The van der Waals surface area contributed by atoms with Gasteiger partial charge >= 0.3 is 0 Å². The average Bonchev–Trinajstić information content (AvgIpc) is 3.15. The number of carbonyl (C=O) groups excluding carboxylic acids is 2. The van der Waals surface area contributed by atoms with Gasteiger partial charge in [-0.3, -0.25) is 9.59 Å². The summed E-state index contributed by atoms with van der Waals surface area (Å²) in [5, 5.41) is 6.03. The van der Waals surface area contributed by atoms with Crippen LogP contribution in [-0.2, 0) is 9.59 Å². The number of anilines is 1. The number of primary amides is 1. The van der Waals surface area contributed by atoms with E-state index >= 15 is 0 Å². The van der Waals surface area contributed by atoms with E-state index in [2.05, 4.69) is 21.0 Å². The number of para-hydroxylation sites is 1. The molecule has 0 radical (unpaired) electrons. The van der Waals surface area contributed by atoms with E-state index in [1.165, 1.54) is 12.1 Å². The van der Waals surface area contributed by atoms with E-state index in [0.717, 1.165) is 5.56 Å². The number of methoxy groups -OCH3 is 1. The minimum Gasteiger partial charge on any atom is -0.493 e. The Morgan fingerprint density at radius 3 is 2.39 bits per heavy atom. The summed E-state index contributed by atoms with van der Waals surface area (Å²) in [6.45, 7) is -0.287. The van der Waals surface area contributed by atoms with Crippen LogP contribution in [0.4, 0.5) is 5.69 Å². The van der Waals surface area contributed by atoms with Crippen molar-refractivity contribution >= 4 is 45.2 Å².